The van der Waals surface area contributed by atoms with Crippen molar-refractivity contribution in [3.63, 3.8) is 0 Å². The molecule has 0 aliphatic heterocycles. The number of amides is 1. The number of anilines is 1. The highest BCUT2D eigenvalue weighted by Gasteiger charge is 2.66. The number of hydrogen-bond acceptors (Lipinski definition) is 9. The Morgan fingerprint density at radius 1 is 1.19 bits per heavy atom. The number of carbonyl (C=O) groups excluding carboxylic acids is 5. The first kappa shape index (κ1) is 26.9. The Hall–Kier alpha value is -3.18. The van der Waals surface area contributed by atoms with E-state index in [0.717, 1.165) is 0 Å². The number of aliphatic hydroxyl groups is 1. The van der Waals surface area contributed by atoms with Crippen molar-refractivity contribution in [3.8, 4) is 5.75 Å². The van der Waals surface area contributed by atoms with Gasteiger partial charge >= 0.3 is 0 Å². The quantitative estimate of drug-likeness (QED) is 0.448. The van der Waals surface area contributed by atoms with Crippen molar-refractivity contribution >= 4 is 34.7 Å². The fourth-order valence-corrected chi connectivity index (χ4v) is 6.13. The lowest BCUT2D eigenvalue weighted by Gasteiger charge is -2.48. The number of hydrogen-bond donors (Lipinski definition) is 3. The molecule has 37 heavy (non-hydrogen) atoms. The van der Waals surface area contributed by atoms with Crippen molar-refractivity contribution in [2.45, 2.75) is 44.4 Å². The summed E-state index contributed by atoms with van der Waals surface area (Å²) in [4.78, 5) is 68.2. The van der Waals surface area contributed by atoms with E-state index in [2.05, 4.69) is 0 Å². The van der Waals surface area contributed by atoms with E-state index in [1.54, 1.807) is 43.9 Å². The number of carbonyl (C=O) groups is 5. The minimum Gasteiger partial charge on any atom is -0.507 e. The van der Waals surface area contributed by atoms with Gasteiger partial charge in [-0.2, -0.15) is 0 Å². The predicted molar refractivity (Wildman–Crippen MR) is 130 cm³/mol. The van der Waals surface area contributed by atoms with Crippen LogP contribution in [0.1, 0.15) is 41.3 Å². The van der Waals surface area contributed by atoms with Gasteiger partial charge < -0.3 is 20.8 Å². The minimum atomic E-state index is -2.68. The normalized spacial score (nSPS) is 30.0. The van der Waals surface area contributed by atoms with Crippen molar-refractivity contribution in [2.75, 3.05) is 32.7 Å². The second kappa shape index (κ2) is 9.29. The van der Waals surface area contributed by atoms with Gasteiger partial charge in [0, 0.05) is 50.3 Å². The number of nitrogens with two attached hydrogens (primary N) is 1. The molecule has 3 unspecified atom stereocenters. The first-order chi connectivity index (χ1) is 17.2. The fraction of sp³-hybridized carbons (Fsp3) is 0.577. The van der Waals surface area contributed by atoms with Gasteiger partial charge in [0.1, 0.15) is 12.4 Å². The van der Waals surface area contributed by atoms with Crippen molar-refractivity contribution in [3.05, 3.63) is 22.8 Å². The topological polar surface area (TPSA) is 158 Å². The highest BCUT2D eigenvalue weighted by molar-refractivity contribution is 6.31. The smallest absolute Gasteiger partial charge is 0.235 e. The summed E-state index contributed by atoms with van der Waals surface area (Å²) in [5.41, 5.74) is 4.01. The van der Waals surface area contributed by atoms with Crippen molar-refractivity contribution < 1.29 is 38.6 Å². The monoisotopic (exact) mass is 517 g/mol. The van der Waals surface area contributed by atoms with Gasteiger partial charge in [0.15, 0.2) is 34.7 Å². The summed E-state index contributed by atoms with van der Waals surface area (Å²) in [6.07, 6.45) is -0.146. The van der Waals surface area contributed by atoms with Gasteiger partial charge in [0.05, 0.1) is 11.5 Å². The van der Waals surface area contributed by atoms with Gasteiger partial charge in [-0.3, -0.25) is 28.9 Å². The second-order valence-electron chi connectivity index (χ2n) is 10.8. The Labute approximate surface area is 213 Å². The number of phenols is 1. The number of phenolic OH excluding ortho intramolecular Hbond substituents is 1. The summed E-state index contributed by atoms with van der Waals surface area (Å²) in [5, 5.41) is 22.5. The Morgan fingerprint density at radius 3 is 2.41 bits per heavy atom. The van der Waals surface area contributed by atoms with E-state index in [-0.39, 0.29) is 37.1 Å². The standard InChI is InChI=1S/C26H32FN3O7/c1-11(9-27)30(4)10-13-7-16(29(2)3)15-6-12-5-14-8-17(31)20(25(28)36)24(35)26(14,37)23(34)18(12)22(33)19(15)21(13)32/h7,11-12,14,18,20,32,37H,5-6,8-10H2,1-4H3,(H2,28,36)/t11?,12-,14+,18?,20?,26+/m1/s1. The number of primary amides is 1. The van der Waals surface area contributed by atoms with Gasteiger partial charge in [-0.25, -0.2) is 4.39 Å². The van der Waals surface area contributed by atoms with E-state index in [1.165, 1.54) is 0 Å². The van der Waals surface area contributed by atoms with Crippen LogP contribution in [0.3, 0.4) is 0 Å². The van der Waals surface area contributed by atoms with Gasteiger partial charge in [0.25, 0.3) is 0 Å². The number of benzene rings is 1. The highest BCUT2D eigenvalue weighted by Crippen LogP contribution is 2.51. The summed E-state index contributed by atoms with van der Waals surface area (Å²) >= 11 is 0. The maximum Gasteiger partial charge on any atom is 0.235 e. The summed E-state index contributed by atoms with van der Waals surface area (Å²) in [5.74, 6) is -10.5. The van der Waals surface area contributed by atoms with Gasteiger partial charge in [-0.15, -0.1) is 0 Å². The number of fused-ring (bicyclic) bond motifs is 3. The van der Waals surface area contributed by atoms with Crippen LogP contribution in [0.4, 0.5) is 10.1 Å². The first-order valence-electron chi connectivity index (χ1n) is 12.2. The molecule has 0 aromatic heterocycles. The zero-order valence-electron chi connectivity index (χ0n) is 21.3. The molecule has 10 nitrogen and oxygen atoms in total. The van der Waals surface area contributed by atoms with E-state index in [0.29, 0.717) is 16.8 Å². The highest BCUT2D eigenvalue weighted by atomic mass is 19.1. The van der Waals surface area contributed by atoms with Crippen molar-refractivity contribution in [2.24, 2.45) is 29.4 Å². The maximum absolute atomic E-state index is 13.8. The van der Waals surface area contributed by atoms with Crippen LogP contribution in [0.2, 0.25) is 0 Å². The van der Waals surface area contributed by atoms with E-state index in [1.807, 2.05) is 0 Å². The number of rotatable bonds is 6. The van der Waals surface area contributed by atoms with Crippen LogP contribution in [0, 0.1) is 23.7 Å². The number of nitrogens with zero attached hydrogens (tertiary/aromatic N) is 2. The van der Waals surface area contributed by atoms with E-state index >= 15 is 0 Å². The molecule has 3 aliphatic rings. The van der Waals surface area contributed by atoms with Gasteiger partial charge in [-0.1, -0.05) is 0 Å². The van der Waals surface area contributed by atoms with Gasteiger partial charge in [-0.05, 0) is 44.4 Å². The molecule has 0 radical (unpaired) electrons. The average molecular weight is 518 g/mol. The Balaban J connectivity index is 1.81. The zero-order valence-corrected chi connectivity index (χ0v) is 21.3. The molecule has 4 N–H and O–H groups in total. The molecule has 0 bridgehead atoms. The number of ketones is 4. The maximum atomic E-state index is 13.8. The molecule has 0 spiro atoms. The van der Waals surface area contributed by atoms with Gasteiger partial charge in [0.2, 0.25) is 5.91 Å². The second-order valence-corrected chi connectivity index (χ2v) is 10.8. The molecule has 0 saturated heterocycles. The van der Waals surface area contributed by atoms with Crippen LogP contribution < -0.4 is 10.6 Å². The molecule has 4 rings (SSSR count). The summed E-state index contributed by atoms with van der Waals surface area (Å²) in [7, 11) is 5.23. The Kier molecular flexibility index (Phi) is 6.74. The Bertz CT molecular complexity index is 1220. The summed E-state index contributed by atoms with van der Waals surface area (Å²) in [6.45, 7) is 1.21. The van der Waals surface area contributed by atoms with Crippen LogP contribution in [-0.2, 0) is 32.1 Å². The largest absolute Gasteiger partial charge is 0.507 e. The molecule has 200 valence electrons. The number of aromatic hydroxyl groups is 1. The van der Waals surface area contributed by atoms with Crippen LogP contribution in [-0.4, -0.2) is 83.6 Å². The fourth-order valence-electron chi connectivity index (χ4n) is 6.13. The molecular weight excluding hydrogens is 485 g/mol. The molecular formula is C26H32FN3O7. The molecule has 1 aromatic rings. The molecule has 11 heteroatoms. The third-order valence-electron chi connectivity index (χ3n) is 8.33. The van der Waals surface area contributed by atoms with E-state index in [4.69, 9.17) is 5.73 Å². The SMILES string of the molecule is CC(CF)N(C)Cc1cc(N(C)C)c2c(c1O)C(=O)C1C(=O)[C@]3(O)C(=O)C(C(N)=O)C(=O)C[C@@H]3C[C@@H]1C2. The molecule has 2 fully saturated rings. The number of alkyl halides is 1. The molecule has 3 aliphatic carbocycles. The van der Waals surface area contributed by atoms with Crippen LogP contribution in [0.5, 0.6) is 5.75 Å². The number of halogens is 1. The molecule has 6 atom stereocenters. The predicted octanol–water partition coefficient (Wildman–Crippen LogP) is 0.183. The molecule has 1 aromatic carbocycles. The van der Waals surface area contributed by atoms with Crippen LogP contribution in [0.15, 0.2) is 6.07 Å². The number of Topliss-reactive ketones (excluding diaryl/α,β-unsaturated/α-hetero) is 4. The Morgan fingerprint density at radius 2 is 1.84 bits per heavy atom. The van der Waals surface area contributed by atoms with Crippen LogP contribution >= 0.6 is 0 Å². The van der Waals surface area contributed by atoms with Crippen molar-refractivity contribution in [1.82, 2.24) is 4.90 Å². The average Bonchev–Trinajstić information content (AvgIpc) is 2.81. The minimum absolute atomic E-state index is 0.0349. The van der Waals surface area contributed by atoms with Crippen LogP contribution in [0.25, 0.3) is 0 Å². The lowest BCUT2D eigenvalue weighted by atomic mass is 9.53. The van der Waals surface area contributed by atoms with E-state index in [9.17, 15) is 38.6 Å². The van der Waals surface area contributed by atoms with Crippen molar-refractivity contribution in [1.29, 1.82) is 0 Å². The first-order valence-corrected chi connectivity index (χ1v) is 12.2. The third-order valence-corrected chi connectivity index (χ3v) is 8.33. The molecule has 1 amide bonds. The summed E-state index contributed by atoms with van der Waals surface area (Å²) in [6, 6.07) is 1.29. The lowest BCUT2D eigenvalue weighted by molar-refractivity contribution is -0.175. The molecule has 0 heterocycles. The molecule has 2 saturated carbocycles. The summed E-state index contributed by atoms with van der Waals surface area (Å²) < 4.78 is 13.2. The zero-order chi connectivity index (χ0) is 27.6. The van der Waals surface area contributed by atoms with E-state index < -0.39 is 71.0 Å². The third kappa shape index (κ3) is 3.95. The lowest BCUT2D eigenvalue weighted by Crippen LogP contribution is -2.68.